The molecule has 1 saturated heterocycles. The number of aromatic nitrogens is 4. The Hall–Kier alpha value is -4.67. The lowest BCUT2D eigenvalue weighted by Crippen LogP contribution is -2.58. The fraction of sp³-hybridized carbons (Fsp3) is 0.382. The minimum atomic E-state index is -0.740. The lowest BCUT2D eigenvalue weighted by atomic mass is 10.00. The molecule has 1 amide bonds. The fourth-order valence-corrected chi connectivity index (χ4v) is 6.52. The highest BCUT2D eigenvalue weighted by atomic mass is 19.1. The molecule has 0 radical (unpaired) electrons. The van der Waals surface area contributed by atoms with Crippen LogP contribution in [0.4, 0.5) is 20.3 Å². The topological polar surface area (TPSA) is 96.3 Å². The number of hydrogen-bond acceptors (Lipinski definition) is 7. The van der Waals surface area contributed by atoms with Gasteiger partial charge in [-0.2, -0.15) is 4.98 Å². The van der Waals surface area contributed by atoms with Crippen molar-refractivity contribution in [1.82, 2.24) is 24.4 Å². The Labute approximate surface area is 260 Å². The lowest BCUT2D eigenvalue weighted by Gasteiger charge is -2.44. The number of aryl methyl sites for hydroxylation is 1. The van der Waals surface area contributed by atoms with Crippen LogP contribution in [0.1, 0.15) is 57.7 Å². The average molecular weight is 614 g/mol. The molecule has 0 saturated carbocycles. The van der Waals surface area contributed by atoms with E-state index in [2.05, 4.69) is 21.9 Å². The second-order valence-corrected chi connectivity index (χ2v) is 12.2. The molecule has 234 valence electrons. The van der Waals surface area contributed by atoms with E-state index in [1.54, 1.807) is 23.2 Å². The number of pyridine rings is 2. The van der Waals surface area contributed by atoms with Crippen LogP contribution >= 0.6 is 0 Å². The molecule has 1 N–H and O–H groups in total. The summed E-state index contributed by atoms with van der Waals surface area (Å²) in [6, 6.07) is 7.28. The van der Waals surface area contributed by atoms with Crippen molar-refractivity contribution in [1.29, 1.82) is 0 Å². The highest BCUT2D eigenvalue weighted by Gasteiger charge is 2.34. The molecule has 0 unspecified atom stereocenters. The minimum Gasteiger partial charge on any atom is -0.384 e. The third-order valence-electron chi connectivity index (χ3n) is 8.76. The van der Waals surface area contributed by atoms with Gasteiger partial charge in [0.1, 0.15) is 17.3 Å². The average Bonchev–Trinajstić information content (AvgIpc) is 3.02. The summed E-state index contributed by atoms with van der Waals surface area (Å²) in [4.78, 5) is 44.5. The summed E-state index contributed by atoms with van der Waals surface area (Å²) in [7, 11) is 0. The van der Waals surface area contributed by atoms with Crippen LogP contribution in [0.5, 0.6) is 0 Å². The number of hydrogen-bond donors (Lipinski definition) is 1. The highest BCUT2D eigenvalue weighted by molar-refractivity contribution is 5.92. The maximum atomic E-state index is 16.3. The monoisotopic (exact) mass is 613 g/mol. The lowest BCUT2D eigenvalue weighted by molar-refractivity contribution is -0.128. The molecule has 2 atom stereocenters. The van der Waals surface area contributed by atoms with Gasteiger partial charge >= 0.3 is 5.69 Å². The van der Waals surface area contributed by atoms with Crippen LogP contribution in [-0.4, -0.2) is 62.0 Å². The molecule has 6 rings (SSSR count). The Bertz CT molecular complexity index is 1870. The zero-order valence-electron chi connectivity index (χ0n) is 26.0. The Morgan fingerprint density at radius 1 is 1.09 bits per heavy atom. The van der Waals surface area contributed by atoms with Crippen molar-refractivity contribution in [2.24, 2.45) is 0 Å². The molecule has 3 aromatic heterocycles. The molecular weight excluding hydrogens is 576 g/mol. The van der Waals surface area contributed by atoms with Crippen molar-refractivity contribution < 1.29 is 13.6 Å². The maximum Gasteiger partial charge on any atom is 0.355 e. The summed E-state index contributed by atoms with van der Waals surface area (Å²) in [5, 5.41) is 3.58. The largest absolute Gasteiger partial charge is 0.384 e. The normalized spacial score (nSPS) is 18.5. The summed E-state index contributed by atoms with van der Waals surface area (Å²) >= 11 is 0. The first-order chi connectivity index (χ1) is 21.6. The van der Waals surface area contributed by atoms with Gasteiger partial charge in [0.25, 0.3) is 0 Å². The van der Waals surface area contributed by atoms with E-state index in [4.69, 9.17) is 4.98 Å². The smallest absolute Gasteiger partial charge is 0.355 e. The summed E-state index contributed by atoms with van der Waals surface area (Å²) < 4.78 is 33.2. The van der Waals surface area contributed by atoms with E-state index in [9.17, 15) is 9.59 Å². The number of rotatable bonds is 3. The van der Waals surface area contributed by atoms with Crippen LogP contribution in [0.2, 0.25) is 0 Å². The van der Waals surface area contributed by atoms with Gasteiger partial charge in [0.05, 0.1) is 22.3 Å². The number of piperazine rings is 1. The van der Waals surface area contributed by atoms with Gasteiger partial charge in [0, 0.05) is 43.6 Å². The van der Waals surface area contributed by atoms with Gasteiger partial charge in [0.2, 0.25) is 5.91 Å². The second-order valence-electron chi connectivity index (χ2n) is 12.2. The molecule has 2 bridgehead atoms. The van der Waals surface area contributed by atoms with Gasteiger partial charge in [-0.15, -0.1) is 0 Å². The molecule has 5 heterocycles. The van der Waals surface area contributed by atoms with E-state index >= 15 is 8.78 Å². The number of nitrogens with one attached hydrogen (secondary N) is 1. The van der Waals surface area contributed by atoms with Gasteiger partial charge in [0.15, 0.2) is 11.5 Å². The van der Waals surface area contributed by atoms with Crippen molar-refractivity contribution >= 4 is 28.4 Å². The predicted molar refractivity (Wildman–Crippen MR) is 172 cm³/mol. The van der Waals surface area contributed by atoms with Crippen LogP contribution < -0.4 is 15.9 Å². The predicted octanol–water partition coefficient (Wildman–Crippen LogP) is 5.60. The molecule has 45 heavy (non-hydrogen) atoms. The molecule has 1 fully saturated rings. The molecule has 4 aromatic rings. The van der Waals surface area contributed by atoms with Crippen molar-refractivity contribution in [3.8, 4) is 16.9 Å². The van der Waals surface area contributed by atoms with E-state index in [1.807, 2.05) is 38.7 Å². The van der Waals surface area contributed by atoms with E-state index in [0.29, 0.717) is 48.5 Å². The summed E-state index contributed by atoms with van der Waals surface area (Å²) in [6.07, 6.45) is 5.25. The van der Waals surface area contributed by atoms with Crippen molar-refractivity contribution in [2.45, 2.75) is 65.0 Å². The van der Waals surface area contributed by atoms with Crippen LogP contribution in [0.3, 0.4) is 0 Å². The second kappa shape index (κ2) is 12.0. The standard InChI is InChI=1S/C34H37F2N7O2/c1-6-27(44)41-17-21(5)42(18-20(41)4)32-23-16-25(36)30-28-24(35)11-9-12-26(28)37-14-8-7-10-22-13-15-38-29(19(2)3)31(22)43(33(23)39-30)34(45)40-32/h6,9,11-13,15-16,19-21,37H,1,7-8,10,14,17-18H2,2-5H3/t20-,21+/m1/s1. The van der Waals surface area contributed by atoms with Crippen molar-refractivity contribution in [3.63, 3.8) is 0 Å². The van der Waals surface area contributed by atoms with E-state index in [1.165, 1.54) is 22.8 Å². The molecular formula is C34H37F2N7O2. The first kappa shape index (κ1) is 30.4. The van der Waals surface area contributed by atoms with Gasteiger partial charge in [-0.1, -0.05) is 26.5 Å². The van der Waals surface area contributed by atoms with Gasteiger partial charge in [-0.3, -0.25) is 9.78 Å². The minimum absolute atomic E-state index is 0.00236. The molecule has 0 aliphatic carbocycles. The number of fused-ring (bicyclic) bond motifs is 5. The number of carbonyl (C=O) groups excluding carboxylic acids is 1. The molecule has 11 heteroatoms. The third kappa shape index (κ3) is 5.34. The Kier molecular flexibility index (Phi) is 8.11. The zero-order valence-corrected chi connectivity index (χ0v) is 26.0. The molecule has 2 aliphatic rings. The Morgan fingerprint density at radius 3 is 2.64 bits per heavy atom. The van der Waals surface area contributed by atoms with E-state index < -0.39 is 17.3 Å². The van der Waals surface area contributed by atoms with Crippen LogP contribution in [0.25, 0.3) is 28.0 Å². The first-order valence-electron chi connectivity index (χ1n) is 15.4. The summed E-state index contributed by atoms with van der Waals surface area (Å²) in [5.41, 5.74) is 1.97. The van der Waals surface area contributed by atoms with E-state index in [0.717, 1.165) is 18.4 Å². The number of amides is 1. The fourth-order valence-electron chi connectivity index (χ4n) is 6.52. The van der Waals surface area contributed by atoms with Crippen LogP contribution in [-0.2, 0) is 11.2 Å². The maximum absolute atomic E-state index is 16.3. The summed E-state index contributed by atoms with van der Waals surface area (Å²) in [5.74, 6) is -1.33. The van der Waals surface area contributed by atoms with Crippen LogP contribution in [0.15, 0.2) is 54.0 Å². The Balaban J connectivity index is 1.69. The SMILES string of the molecule is C=CC(=O)N1C[C@H](C)N(c2nc(=O)n3c4nc(c(F)cc24)-c2c(F)cccc2NCCCCc2ccnc(C(C)C)c2-3)C[C@H]1C. The van der Waals surface area contributed by atoms with Crippen LogP contribution in [0, 0.1) is 11.6 Å². The molecule has 9 nitrogen and oxygen atoms in total. The molecule has 1 aromatic carbocycles. The number of carbonyl (C=O) groups is 1. The number of anilines is 2. The molecule has 2 aliphatic heterocycles. The van der Waals surface area contributed by atoms with Crippen molar-refractivity contribution in [3.05, 3.63) is 82.6 Å². The van der Waals surface area contributed by atoms with Gasteiger partial charge < -0.3 is 15.1 Å². The quantitative estimate of drug-likeness (QED) is 0.301. The zero-order chi connectivity index (χ0) is 32.0. The first-order valence-corrected chi connectivity index (χ1v) is 15.4. The number of halogens is 2. The number of nitrogens with zero attached hydrogens (tertiary/aromatic N) is 6. The highest BCUT2D eigenvalue weighted by Crippen LogP contribution is 2.37. The van der Waals surface area contributed by atoms with Gasteiger partial charge in [-0.25, -0.2) is 23.1 Å². The van der Waals surface area contributed by atoms with E-state index in [-0.39, 0.29) is 46.6 Å². The Morgan fingerprint density at radius 2 is 1.89 bits per heavy atom. The number of benzene rings is 1. The third-order valence-corrected chi connectivity index (χ3v) is 8.76. The van der Waals surface area contributed by atoms with Crippen molar-refractivity contribution in [2.75, 3.05) is 29.9 Å². The molecule has 0 spiro atoms. The summed E-state index contributed by atoms with van der Waals surface area (Å²) in [6.45, 7) is 12.7. The van der Waals surface area contributed by atoms with Gasteiger partial charge in [-0.05, 0) is 74.9 Å².